The first-order chi connectivity index (χ1) is 9.08. The molecule has 1 unspecified atom stereocenters. The Bertz CT molecular complexity index is 503. The number of para-hydroxylation sites is 1. The van der Waals surface area contributed by atoms with E-state index in [2.05, 4.69) is 13.2 Å². The number of nitrogen functional groups attached to an aromatic ring is 1. The number of anilines is 1. The van der Waals surface area contributed by atoms with Gasteiger partial charge in [-0.1, -0.05) is 43.5 Å². The van der Waals surface area contributed by atoms with Gasteiger partial charge in [-0.2, -0.15) is 0 Å². The number of carbonyl (C=O) groups excluding carboxylic acids is 1. The van der Waals surface area contributed by atoms with Crippen LogP contribution >= 0.6 is 0 Å². The molecule has 100 valence electrons. The van der Waals surface area contributed by atoms with Crippen LogP contribution in [0.25, 0.3) is 0 Å². The first-order valence-corrected chi connectivity index (χ1v) is 6.08. The number of benzene rings is 1. The number of aliphatic hydroxyl groups excluding tert-OH is 1. The summed E-state index contributed by atoms with van der Waals surface area (Å²) in [7, 11) is 0. The minimum Gasteiger partial charge on any atom is -0.398 e. The highest BCUT2D eigenvalue weighted by atomic mass is 16.3. The third-order valence-corrected chi connectivity index (χ3v) is 2.75. The maximum atomic E-state index is 12.0. The van der Waals surface area contributed by atoms with E-state index in [-0.39, 0.29) is 12.2 Å². The van der Waals surface area contributed by atoms with E-state index in [1.165, 1.54) is 0 Å². The number of nitrogens with two attached hydrogens (primary N) is 1. The van der Waals surface area contributed by atoms with Crippen molar-refractivity contribution in [2.24, 2.45) is 0 Å². The predicted molar refractivity (Wildman–Crippen MR) is 78.9 cm³/mol. The molecule has 0 saturated heterocycles. The van der Waals surface area contributed by atoms with Crippen molar-refractivity contribution in [3.05, 3.63) is 66.8 Å². The zero-order valence-corrected chi connectivity index (χ0v) is 10.9. The molecule has 0 aromatic heterocycles. The second kappa shape index (κ2) is 7.34. The monoisotopic (exact) mass is 257 g/mol. The number of carbonyl (C=O) groups is 1. The van der Waals surface area contributed by atoms with E-state index in [1.807, 2.05) is 0 Å². The van der Waals surface area contributed by atoms with Gasteiger partial charge >= 0.3 is 0 Å². The highest BCUT2D eigenvalue weighted by Gasteiger charge is 2.15. The van der Waals surface area contributed by atoms with Gasteiger partial charge in [-0.25, -0.2) is 0 Å². The molecule has 0 radical (unpaired) electrons. The molecule has 0 amide bonds. The fourth-order valence-electron chi connectivity index (χ4n) is 1.79. The van der Waals surface area contributed by atoms with Crippen molar-refractivity contribution in [3.63, 3.8) is 0 Å². The smallest absolute Gasteiger partial charge is 0.167 e. The molecule has 0 aliphatic carbocycles. The van der Waals surface area contributed by atoms with E-state index in [9.17, 15) is 9.90 Å². The molecular weight excluding hydrogens is 238 g/mol. The Hall–Kier alpha value is -2.13. The number of hydrogen-bond donors (Lipinski definition) is 2. The Kier molecular flexibility index (Phi) is 5.76. The van der Waals surface area contributed by atoms with E-state index in [0.717, 1.165) is 5.57 Å². The molecule has 3 heteroatoms. The lowest BCUT2D eigenvalue weighted by molar-refractivity contribution is 0.0883. The lowest BCUT2D eigenvalue weighted by Crippen LogP contribution is -2.15. The second-order valence-electron chi connectivity index (χ2n) is 4.25. The van der Waals surface area contributed by atoms with Crippen LogP contribution in [0.15, 0.2) is 61.2 Å². The van der Waals surface area contributed by atoms with Crippen molar-refractivity contribution in [1.82, 2.24) is 0 Å². The van der Waals surface area contributed by atoms with Gasteiger partial charge in [0.25, 0.3) is 0 Å². The van der Waals surface area contributed by atoms with E-state index in [1.54, 1.807) is 42.5 Å². The van der Waals surface area contributed by atoms with Gasteiger partial charge in [-0.05, 0) is 24.1 Å². The number of allylic oxidation sites excluding steroid dienone is 3. The first kappa shape index (κ1) is 14.9. The largest absolute Gasteiger partial charge is 0.398 e. The highest BCUT2D eigenvalue weighted by molar-refractivity contribution is 6.00. The predicted octanol–water partition coefficient (Wildman–Crippen LogP) is 2.89. The molecule has 1 atom stereocenters. The van der Waals surface area contributed by atoms with Crippen molar-refractivity contribution >= 4 is 11.5 Å². The van der Waals surface area contributed by atoms with Crippen molar-refractivity contribution in [2.45, 2.75) is 18.9 Å². The number of ketones is 1. The molecule has 0 fully saturated rings. The molecule has 0 heterocycles. The molecule has 0 aliphatic rings. The van der Waals surface area contributed by atoms with Gasteiger partial charge in [0.15, 0.2) is 5.78 Å². The van der Waals surface area contributed by atoms with Crippen molar-refractivity contribution < 1.29 is 9.90 Å². The van der Waals surface area contributed by atoms with Gasteiger partial charge in [-0.15, -0.1) is 0 Å². The average molecular weight is 257 g/mol. The minimum atomic E-state index is -0.753. The fraction of sp³-hybridized carbons (Fsp3) is 0.188. The Balaban J connectivity index is 2.67. The lowest BCUT2D eigenvalue weighted by atomic mass is 9.99. The van der Waals surface area contributed by atoms with Crippen LogP contribution in [0, 0.1) is 0 Å². The second-order valence-corrected chi connectivity index (χ2v) is 4.25. The average Bonchev–Trinajstić information content (AvgIpc) is 2.38. The summed E-state index contributed by atoms with van der Waals surface area (Å²) in [5.74, 6) is -0.160. The molecular formula is C16H19NO2. The van der Waals surface area contributed by atoms with Crippen LogP contribution in [0.3, 0.4) is 0 Å². The number of aliphatic hydroxyl groups is 1. The summed E-state index contributed by atoms with van der Waals surface area (Å²) < 4.78 is 0. The molecule has 0 saturated carbocycles. The lowest BCUT2D eigenvalue weighted by Gasteiger charge is -2.11. The maximum Gasteiger partial charge on any atom is 0.167 e. The summed E-state index contributed by atoms with van der Waals surface area (Å²) >= 11 is 0. The summed E-state index contributed by atoms with van der Waals surface area (Å²) in [6.45, 7) is 7.24. The highest BCUT2D eigenvalue weighted by Crippen LogP contribution is 2.17. The van der Waals surface area contributed by atoms with Crippen molar-refractivity contribution in [3.8, 4) is 0 Å². The standard InChI is InChI=1S/C16H19NO2/c1-3-7-12(4-2)10-13(18)11-16(19)14-8-5-6-9-15(14)17/h3-9,13,18H,1-2,10-11,17H2/b12-7+. The summed E-state index contributed by atoms with van der Waals surface area (Å²) in [4.78, 5) is 12.0. The first-order valence-electron chi connectivity index (χ1n) is 6.08. The van der Waals surface area contributed by atoms with E-state index < -0.39 is 6.10 Å². The quantitative estimate of drug-likeness (QED) is 0.448. The Morgan fingerprint density at radius 1 is 1.32 bits per heavy atom. The van der Waals surface area contributed by atoms with Crippen LogP contribution in [0.1, 0.15) is 23.2 Å². The van der Waals surface area contributed by atoms with Gasteiger partial charge in [0.05, 0.1) is 6.10 Å². The molecule has 3 N–H and O–H groups in total. The van der Waals surface area contributed by atoms with Crippen LogP contribution in [0.2, 0.25) is 0 Å². The van der Waals surface area contributed by atoms with Crippen molar-refractivity contribution in [1.29, 1.82) is 0 Å². The number of hydrogen-bond acceptors (Lipinski definition) is 3. The zero-order chi connectivity index (χ0) is 14.3. The number of Topliss-reactive ketones (excluding diaryl/α,β-unsaturated/α-hetero) is 1. The van der Waals surface area contributed by atoms with Crippen LogP contribution in [0.4, 0.5) is 5.69 Å². The molecule has 0 aliphatic heterocycles. The third-order valence-electron chi connectivity index (χ3n) is 2.75. The SMILES string of the molecule is C=C/C=C(\C=C)CC(O)CC(=O)c1ccccc1N. The van der Waals surface area contributed by atoms with Gasteiger partial charge in [0.2, 0.25) is 0 Å². The van der Waals surface area contributed by atoms with E-state index >= 15 is 0 Å². The molecule has 1 aromatic carbocycles. The summed E-state index contributed by atoms with van der Waals surface area (Å²) in [5, 5.41) is 9.92. The zero-order valence-electron chi connectivity index (χ0n) is 10.9. The van der Waals surface area contributed by atoms with Gasteiger partial charge < -0.3 is 10.8 Å². The molecule has 1 rings (SSSR count). The van der Waals surface area contributed by atoms with E-state index in [4.69, 9.17) is 5.73 Å². The third kappa shape index (κ3) is 4.56. The fourth-order valence-corrected chi connectivity index (χ4v) is 1.79. The Morgan fingerprint density at radius 2 is 2.00 bits per heavy atom. The van der Waals surface area contributed by atoms with Crippen LogP contribution < -0.4 is 5.73 Å². The van der Waals surface area contributed by atoms with Gasteiger partial charge in [-0.3, -0.25) is 4.79 Å². The Labute approximate surface area is 113 Å². The topological polar surface area (TPSA) is 63.3 Å². The number of rotatable bonds is 7. The van der Waals surface area contributed by atoms with E-state index in [0.29, 0.717) is 17.7 Å². The van der Waals surface area contributed by atoms with Crippen LogP contribution in [-0.2, 0) is 0 Å². The Morgan fingerprint density at radius 3 is 2.58 bits per heavy atom. The molecule has 3 nitrogen and oxygen atoms in total. The summed E-state index contributed by atoms with van der Waals surface area (Å²) in [5.41, 5.74) is 7.46. The molecule has 0 bridgehead atoms. The van der Waals surface area contributed by atoms with Crippen LogP contribution in [-0.4, -0.2) is 17.0 Å². The van der Waals surface area contributed by atoms with Crippen LogP contribution in [0.5, 0.6) is 0 Å². The van der Waals surface area contributed by atoms with Gasteiger partial charge in [0, 0.05) is 17.7 Å². The molecule has 19 heavy (non-hydrogen) atoms. The van der Waals surface area contributed by atoms with Gasteiger partial charge in [0.1, 0.15) is 0 Å². The summed E-state index contributed by atoms with van der Waals surface area (Å²) in [6, 6.07) is 6.86. The summed E-state index contributed by atoms with van der Waals surface area (Å²) in [6.07, 6.45) is 4.69. The maximum absolute atomic E-state index is 12.0. The molecule has 0 spiro atoms. The molecule has 1 aromatic rings. The minimum absolute atomic E-state index is 0.0382. The normalized spacial score (nSPS) is 12.8. The van der Waals surface area contributed by atoms with Crippen molar-refractivity contribution in [2.75, 3.05) is 5.73 Å².